The molecule has 0 unspecified atom stereocenters. The number of amides is 3. The van der Waals surface area contributed by atoms with Gasteiger partial charge in [0.1, 0.15) is 11.3 Å². The lowest BCUT2D eigenvalue weighted by atomic mass is 10.0. The van der Waals surface area contributed by atoms with Gasteiger partial charge < -0.3 is 10.1 Å². The normalized spacial score (nSPS) is 13.2. The Morgan fingerprint density at radius 3 is 2.53 bits per heavy atom. The summed E-state index contributed by atoms with van der Waals surface area (Å²) in [5, 5.41) is 7.15. The van der Waals surface area contributed by atoms with Gasteiger partial charge in [-0.2, -0.15) is 5.10 Å². The maximum atomic E-state index is 12.8. The largest absolute Gasteiger partial charge is 0.452 e. The van der Waals surface area contributed by atoms with Crippen LogP contribution >= 0.6 is 0 Å². The molecule has 1 aliphatic heterocycles. The van der Waals surface area contributed by atoms with E-state index in [9.17, 15) is 14.4 Å². The first-order chi connectivity index (χ1) is 14.5. The van der Waals surface area contributed by atoms with Gasteiger partial charge in [0.2, 0.25) is 0 Å². The van der Waals surface area contributed by atoms with Gasteiger partial charge in [0.25, 0.3) is 5.91 Å². The first-order valence-electron chi connectivity index (χ1n) is 9.51. The number of aryl methyl sites for hydroxylation is 1. The summed E-state index contributed by atoms with van der Waals surface area (Å²) in [6, 6.07) is 16.5. The summed E-state index contributed by atoms with van der Waals surface area (Å²) in [5.74, 6) is -1.24. The quantitative estimate of drug-likeness (QED) is 0.660. The van der Waals surface area contributed by atoms with Crippen molar-refractivity contribution in [2.24, 2.45) is 0 Å². The zero-order valence-corrected chi connectivity index (χ0v) is 16.4. The number of nitrogens with one attached hydrogen (secondary N) is 1. The highest BCUT2D eigenvalue weighted by molar-refractivity contribution is 6.00. The molecule has 1 aromatic heterocycles. The van der Waals surface area contributed by atoms with Gasteiger partial charge in [0.05, 0.1) is 5.69 Å². The fourth-order valence-corrected chi connectivity index (χ4v) is 3.27. The van der Waals surface area contributed by atoms with Gasteiger partial charge in [-0.15, -0.1) is 0 Å². The second-order valence-corrected chi connectivity index (χ2v) is 6.84. The molecule has 4 rings (SSSR count). The molecule has 8 heteroatoms. The van der Waals surface area contributed by atoms with E-state index in [4.69, 9.17) is 4.74 Å². The van der Waals surface area contributed by atoms with Gasteiger partial charge in [-0.3, -0.25) is 9.69 Å². The number of esters is 1. The lowest BCUT2D eigenvalue weighted by molar-refractivity contribution is -0.130. The second-order valence-electron chi connectivity index (χ2n) is 6.84. The van der Waals surface area contributed by atoms with Crippen LogP contribution < -0.4 is 5.32 Å². The second kappa shape index (κ2) is 8.20. The topological polar surface area (TPSA) is 93.5 Å². The third-order valence-corrected chi connectivity index (χ3v) is 4.84. The SMILES string of the molecule is Cc1ccccc1-c1nn(-c2ccccc2)cc1C(=O)OCC(=O)N1CCNC1=O. The summed E-state index contributed by atoms with van der Waals surface area (Å²) in [7, 11) is 0. The van der Waals surface area contributed by atoms with E-state index in [-0.39, 0.29) is 12.1 Å². The molecule has 8 nitrogen and oxygen atoms in total. The van der Waals surface area contributed by atoms with Crippen LogP contribution in [-0.2, 0) is 9.53 Å². The Morgan fingerprint density at radius 1 is 1.10 bits per heavy atom. The number of nitrogens with zero attached hydrogens (tertiary/aromatic N) is 3. The lowest BCUT2D eigenvalue weighted by Gasteiger charge is -2.12. The highest BCUT2D eigenvalue weighted by atomic mass is 16.5. The number of aromatic nitrogens is 2. The van der Waals surface area contributed by atoms with Crippen molar-refractivity contribution in [3.63, 3.8) is 0 Å². The van der Waals surface area contributed by atoms with Crippen LogP contribution in [0, 0.1) is 6.92 Å². The van der Waals surface area contributed by atoms with E-state index in [1.54, 1.807) is 10.9 Å². The number of carbonyl (C=O) groups is 3. The minimum Gasteiger partial charge on any atom is -0.452 e. The van der Waals surface area contributed by atoms with Gasteiger partial charge in [0.15, 0.2) is 6.61 Å². The maximum Gasteiger partial charge on any atom is 0.342 e. The Balaban J connectivity index is 1.63. The Labute approximate surface area is 173 Å². The van der Waals surface area contributed by atoms with Crippen molar-refractivity contribution < 1.29 is 19.1 Å². The van der Waals surface area contributed by atoms with Crippen LogP contribution in [0.25, 0.3) is 16.9 Å². The number of hydrogen-bond donors (Lipinski definition) is 1. The molecule has 0 radical (unpaired) electrons. The molecule has 0 bridgehead atoms. The fourth-order valence-electron chi connectivity index (χ4n) is 3.27. The number of rotatable bonds is 5. The highest BCUT2D eigenvalue weighted by Crippen LogP contribution is 2.27. The number of para-hydroxylation sites is 1. The van der Waals surface area contributed by atoms with Crippen LogP contribution in [0.4, 0.5) is 4.79 Å². The smallest absolute Gasteiger partial charge is 0.342 e. The summed E-state index contributed by atoms with van der Waals surface area (Å²) in [6.45, 7) is 2.06. The maximum absolute atomic E-state index is 12.8. The van der Waals surface area contributed by atoms with Crippen molar-refractivity contribution in [3.8, 4) is 16.9 Å². The molecule has 30 heavy (non-hydrogen) atoms. The van der Waals surface area contributed by atoms with E-state index in [0.29, 0.717) is 12.2 Å². The Morgan fingerprint density at radius 2 is 1.83 bits per heavy atom. The summed E-state index contributed by atoms with van der Waals surface area (Å²) in [5.41, 5.74) is 3.25. The van der Waals surface area contributed by atoms with Crippen molar-refractivity contribution in [3.05, 3.63) is 71.9 Å². The third kappa shape index (κ3) is 3.80. The van der Waals surface area contributed by atoms with Crippen molar-refractivity contribution in [1.82, 2.24) is 20.0 Å². The molecule has 0 saturated carbocycles. The monoisotopic (exact) mass is 404 g/mol. The Bertz CT molecular complexity index is 1110. The molecule has 0 atom stereocenters. The number of hydrogen-bond acceptors (Lipinski definition) is 5. The molecule has 152 valence electrons. The lowest BCUT2D eigenvalue weighted by Crippen LogP contribution is -2.37. The van der Waals surface area contributed by atoms with Gasteiger partial charge >= 0.3 is 12.0 Å². The van der Waals surface area contributed by atoms with Crippen LogP contribution in [0.3, 0.4) is 0 Å². The van der Waals surface area contributed by atoms with Crippen molar-refractivity contribution in [2.75, 3.05) is 19.7 Å². The number of urea groups is 1. The molecule has 3 aromatic rings. The standard InChI is InChI=1S/C22H20N4O4/c1-15-7-5-6-10-17(15)20-18(13-26(24-20)16-8-3-2-4-9-16)21(28)30-14-19(27)25-12-11-23-22(25)29/h2-10,13H,11-12,14H2,1H3,(H,23,29). The Kier molecular flexibility index (Phi) is 5.30. The van der Waals surface area contributed by atoms with Crippen molar-refractivity contribution in [2.45, 2.75) is 6.92 Å². The van der Waals surface area contributed by atoms with Crippen LogP contribution in [0.1, 0.15) is 15.9 Å². The first kappa shape index (κ1) is 19.4. The summed E-state index contributed by atoms with van der Waals surface area (Å²) < 4.78 is 6.84. The number of imide groups is 1. The van der Waals surface area contributed by atoms with Crippen LogP contribution in [-0.4, -0.2) is 52.3 Å². The summed E-state index contributed by atoms with van der Waals surface area (Å²) in [6.07, 6.45) is 1.59. The molecule has 1 saturated heterocycles. The fraction of sp³-hybridized carbons (Fsp3) is 0.182. The minimum atomic E-state index is -0.677. The molecule has 1 aliphatic rings. The molecular formula is C22H20N4O4. The average molecular weight is 404 g/mol. The molecule has 2 aromatic carbocycles. The zero-order chi connectivity index (χ0) is 21.1. The van der Waals surface area contributed by atoms with Crippen molar-refractivity contribution in [1.29, 1.82) is 0 Å². The third-order valence-electron chi connectivity index (χ3n) is 4.84. The van der Waals surface area contributed by atoms with E-state index in [2.05, 4.69) is 10.4 Å². The van der Waals surface area contributed by atoms with Crippen LogP contribution in [0.5, 0.6) is 0 Å². The van der Waals surface area contributed by atoms with E-state index in [1.165, 1.54) is 0 Å². The van der Waals surface area contributed by atoms with Gasteiger partial charge in [0, 0.05) is 24.8 Å². The van der Waals surface area contributed by atoms with E-state index < -0.39 is 24.5 Å². The molecule has 1 N–H and O–H groups in total. The predicted octanol–water partition coefficient (Wildman–Crippen LogP) is 2.56. The summed E-state index contributed by atoms with van der Waals surface area (Å²) in [4.78, 5) is 37.7. The molecular weight excluding hydrogens is 384 g/mol. The van der Waals surface area contributed by atoms with Crippen molar-refractivity contribution >= 4 is 17.9 Å². The number of benzene rings is 2. The molecule has 0 aliphatic carbocycles. The average Bonchev–Trinajstić information content (AvgIpc) is 3.39. The molecule has 0 spiro atoms. The van der Waals surface area contributed by atoms with Gasteiger partial charge in [-0.25, -0.2) is 14.3 Å². The first-order valence-corrected chi connectivity index (χ1v) is 9.51. The van der Waals surface area contributed by atoms with Gasteiger partial charge in [-0.1, -0.05) is 42.5 Å². The van der Waals surface area contributed by atoms with E-state index in [0.717, 1.165) is 21.7 Å². The molecule has 3 amide bonds. The van der Waals surface area contributed by atoms with E-state index >= 15 is 0 Å². The highest BCUT2D eigenvalue weighted by Gasteiger charge is 2.28. The minimum absolute atomic E-state index is 0.242. The number of ether oxygens (including phenoxy) is 1. The molecule has 2 heterocycles. The zero-order valence-electron chi connectivity index (χ0n) is 16.4. The van der Waals surface area contributed by atoms with Gasteiger partial charge in [-0.05, 0) is 24.6 Å². The summed E-state index contributed by atoms with van der Waals surface area (Å²) >= 11 is 0. The Hall–Kier alpha value is -3.94. The van der Waals surface area contributed by atoms with Crippen LogP contribution in [0.15, 0.2) is 60.8 Å². The predicted molar refractivity (Wildman–Crippen MR) is 109 cm³/mol. The van der Waals surface area contributed by atoms with Crippen LogP contribution in [0.2, 0.25) is 0 Å². The number of carbonyl (C=O) groups excluding carboxylic acids is 3. The van der Waals surface area contributed by atoms with E-state index in [1.807, 2.05) is 61.5 Å². The molecule has 1 fully saturated rings.